The first-order chi connectivity index (χ1) is 13.1. The molecule has 0 spiro atoms. The largest absolute Gasteiger partial charge is 0.507 e. The first kappa shape index (κ1) is 16.1. The Bertz CT molecular complexity index is 1180. The van der Waals surface area contributed by atoms with Crippen LogP contribution < -0.4 is 4.90 Å². The fourth-order valence-corrected chi connectivity index (χ4v) is 3.78. The molecular weight excluding hydrogens is 337 g/mol. The van der Waals surface area contributed by atoms with Crippen molar-refractivity contribution < 1.29 is 5.11 Å². The van der Waals surface area contributed by atoms with Crippen LogP contribution >= 0.6 is 0 Å². The lowest BCUT2D eigenvalue weighted by atomic mass is 9.79. The molecule has 4 aromatic rings. The number of phenols is 1. The zero-order valence-electron chi connectivity index (χ0n) is 15.3. The summed E-state index contributed by atoms with van der Waals surface area (Å²) in [6, 6.07) is 8.04. The summed E-state index contributed by atoms with van der Waals surface area (Å²) in [5, 5.41) is 17.1. The maximum atomic E-state index is 10.7. The summed E-state index contributed by atoms with van der Waals surface area (Å²) in [5.74, 6) is 0.220. The molecule has 4 heterocycles. The second-order valence-corrected chi connectivity index (χ2v) is 7.10. The van der Waals surface area contributed by atoms with Gasteiger partial charge in [0.2, 0.25) is 0 Å². The number of rotatable bonds is 2. The van der Waals surface area contributed by atoms with E-state index in [1.807, 2.05) is 44.6 Å². The van der Waals surface area contributed by atoms with Crippen LogP contribution in [0.25, 0.3) is 33.2 Å². The number of phenolic OH excluding ortho intramolecular Hbond substituents is 1. The van der Waals surface area contributed by atoms with Crippen molar-refractivity contribution in [3.05, 3.63) is 42.2 Å². The SMILES string of the molecule is Cc1c(O)c(-c2ccc3cc(N4C[B]CC4)cnc3n2)cc2cn(C)nc12. The van der Waals surface area contributed by atoms with E-state index in [1.54, 1.807) is 4.68 Å². The summed E-state index contributed by atoms with van der Waals surface area (Å²) < 4.78 is 1.76. The van der Waals surface area contributed by atoms with Crippen molar-refractivity contribution in [2.45, 2.75) is 13.2 Å². The minimum absolute atomic E-state index is 0.220. The van der Waals surface area contributed by atoms with Crippen molar-refractivity contribution in [2.75, 3.05) is 17.9 Å². The van der Waals surface area contributed by atoms with Gasteiger partial charge < -0.3 is 10.0 Å². The van der Waals surface area contributed by atoms with E-state index in [9.17, 15) is 5.11 Å². The van der Waals surface area contributed by atoms with E-state index in [0.717, 1.165) is 46.8 Å². The molecule has 1 aromatic carbocycles. The molecule has 5 rings (SSSR count). The van der Waals surface area contributed by atoms with E-state index >= 15 is 0 Å². The summed E-state index contributed by atoms with van der Waals surface area (Å²) in [4.78, 5) is 11.6. The molecule has 7 heteroatoms. The van der Waals surface area contributed by atoms with Gasteiger partial charge in [0.15, 0.2) is 5.65 Å². The molecule has 0 amide bonds. The fourth-order valence-electron chi connectivity index (χ4n) is 3.78. The highest BCUT2D eigenvalue weighted by Gasteiger charge is 2.17. The maximum absolute atomic E-state index is 10.7. The van der Waals surface area contributed by atoms with Crippen molar-refractivity contribution in [2.24, 2.45) is 7.05 Å². The topological polar surface area (TPSA) is 67.1 Å². The lowest BCUT2D eigenvalue weighted by Crippen LogP contribution is -2.18. The summed E-state index contributed by atoms with van der Waals surface area (Å²) in [7, 11) is 4.16. The van der Waals surface area contributed by atoms with Crippen molar-refractivity contribution >= 4 is 34.9 Å². The van der Waals surface area contributed by atoms with Crippen LogP contribution in [-0.2, 0) is 7.05 Å². The molecule has 3 aromatic heterocycles. The normalized spacial score (nSPS) is 14.2. The van der Waals surface area contributed by atoms with Gasteiger partial charge in [0.05, 0.1) is 23.1 Å². The number of benzene rings is 1. The highest BCUT2D eigenvalue weighted by atomic mass is 16.3. The molecule has 6 nitrogen and oxygen atoms in total. The lowest BCUT2D eigenvalue weighted by molar-refractivity contribution is 0.474. The van der Waals surface area contributed by atoms with E-state index in [0.29, 0.717) is 16.9 Å². The zero-order chi connectivity index (χ0) is 18.5. The van der Waals surface area contributed by atoms with Crippen molar-refractivity contribution in [3.8, 4) is 17.0 Å². The number of fused-ring (bicyclic) bond motifs is 2. The Morgan fingerprint density at radius 3 is 2.89 bits per heavy atom. The Balaban J connectivity index is 1.61. The molecule has 0 bridgehead atoms. The number of hydrogen-bond acceptors (Lipinski definition) is 5. The number of aromatic hydroxyl groups is 1. The summed E-state index contributed by atoms with van der Waals surface area (Å²) >= 11 is 0. The predicted octanol–water partition coefficient (Wildman–Crippen LogP) is 3.10. The van der Waals surface area contributed by atoms with Gasteiger partial charge in [0, 0.05) is 41.7 Å². The van der Waals surface area contributed by atoms with Crippen LogP contribution in [-0.4, -0.2) is 45.1 Å². The predicted molar refractivity (Wildman–Crippen MR) is 108 cm³/mol. The Kier molecular flexibility index (Phi) is 3.57. The Labute approximate surface area is 157 Å². The van der Waals surface area contributed by atoms with Gasteiger partial charge in [-0.1, -0.05) is 6.32 Å². The molecule has 0 unspecified atom stereocenters. The first-order valence-corrected chi connectivity index (χ1v) is 9.10. The number of aromatic nitrogens is 4. The van der Waals surface area contributed by atoms with Gasteiger partial charge in [0.25, 0.3) is 0 Å². The highest BCUT2D eigenvalue weighted by molar-refractivity contribution is 6.38. The lowest BCUT2D eigenvalue weighted by Gasteiger charge is -2.18. The van der Waals surface area contributed by atoms with E-state index in [4.69, 9.17) is 4.98 Å². The minimum atomic E-state index is 0.220. The molecule has 1 aliphatic rings. The Morgan fingerprint density at radius 1 is 1.19 bits per heavy atom. The maximum Gasteiger partial charge on any atom is 0.159 e. The summed E-state index contributed by atoms with van der Waals surface area (Å²) in [6.45, 7) is 2.92. The van der Waals surface area contributed by atoms with Gasteiger partial charge in [-0.25, -0.2) is 9.97 Å². The van der Waals surface area contributed by atoms with Crippen molar-refractivity contribution in [1.82, 2.24) is 19.7 Å². The van der Waals surface area contributed by atoms with Crippen LogP contribution in [0.5, 0.6) is 5.75 Å². The molecular formula is C20H19BN5O. The number of aryl methyl sites for hydroxylation is 2. The highest BCUT2D eigenvalue weighted by Crippen LogP contribution is 2.36. The van der Waals surface area contributed by atoms with Crippen LogP contribution in [0.3, 0.4) is 0 Å². The Hall–Kier alpha value is -3.09. The molecule has 1 saturated heterocycles. The molecule has 0 aliphatic carbocycles. The third kappa shape index (κ3) is 2.61. The molecule has 27 heavy (non-hydrogen) atoms. The zero-order valence-corrected chi connectivity index (χ0v) is 15.3. The minimum Gasteiger partial charge on any atom is -0.507 e. The van der Waals surface area contributed by atoms with E-state index in [2.05, 4.69) is 28.3 Å². The fraction of sp³-hybridized carbons (Fsp3) is 0.250. The molecule has 1 fully saturated rings. The molecule has 1 aliphatic heterocycles. The molecule has 133 valence electrons. The standard InChI is InChI=1S/C20H19BN5O/c1-12-18-14(10-25(2)24-18)8-16(19(12)27)17-4-3-13-7-15(9-22-20(13)23-17)26-6-5-21-11-26/h3-4,7-10,27H,5-6,11H2,1-2H3. The van der Waals surface area contributed by atoms with Crippen LogP contribution in [0.4, 0.5) is 5.69 Å². The number of pyridine rings is 2. The van der Waals surface area contributed by atoms with Crippen LogP contribution in [0, 0.1) is 6.92 Å². The second-order valence-electron chi connectivity index (χ2n) is 7.10. The van der Waals surface area contributed by atoms with Crippen LogP contribution in [0.2, 0.25) is 6.32 Å². The molecule has 0 atom stereocenters. The van der Waals surface area contributed by atoms with E-state index < -0.39 is 0 Å². The van der Waals surface area contributed by atoms with Crippen LogP contribution in [0.15, 0.2) is 36.7 Å². The van der Waals surface area contributed by atoms with Gasteiger partial charge in [-0.3, -0.25) is 4.68 Å². The number of anilines is 1. The molecule has 1 radical (unpaired) electrons. The van der Waals surface area contributed by atoms with Gasteiger partial charge in [-0.2, -0.15) is 5.10 Å². The van der Waals surface area contributed by atoms with Crippen LogP contribution in [0.1, 0.15) is 5.56 Å². The monoisotopic (exact) mass is 356 g/mol. The second kappa shape index (κ2) is 5.98. The summed E-state index contributed by atoms with van der Waals surface area (Å²) in [6.07, 6.45) is 5.92. The van der Waals surface area contributed by atoms with Crippen molar-refractivity contribution in [1.29, 1.82) is 0 Å². The molecule has 1 N–H and O–H groups in total. The number of nitrogens with zero attached hydrogens (tertiary/aromatic N) is 5. The van der Waals surface area contributed by atoms with Gasteiger partial charge in [-0.05, 0) is 37.6 Å². The van der Waals surface area contributed by atoms with E-state index in [-0.39, 0.29) is 5.75 Å². The van der Waals surface area contributed by atoms with Gasteiger partial charge in [-0.15, -0.1) is 0 Å². The third-order valence-corrected chi connectivity index (χ3v) is 5.24. The van der Waals surface area contributed by atoms with Gasteiger partial charge in [0.1, 0.15) is 13.0 Å². The Morgan fingerprint density at radius 2 is 2.07 bits per heavy atom. The smallest absolute Gasteiger partial charge is 0.159 e. The first-order valence-electron chi connectivity index (χ1n) is 9.10. The average molecular weight is 356 g/mol. The number of hydrogen-bond donors (Lipinski definition) is 1. The molecule has 0 saturated carbocycles. The van der Waals surface area contributed by atoms with Gasteiger partial charge >= 0.3 is 0 Å². The van der Waals surface area contributed by atoms with Crippen molar-refractivity contribution in [3.63, 3.8) is 0 Å². The quantitative estimate of drug-likeness (QED) is 0.559. The third-order valence-electron chi connectivity index (χ3n) is 5.24. The average Bonchev–Trinajstić information content (AvgIpc) is 3.33. The van der Waals surface area contributed by atoms with E-state index in [1.165, 1.54) is 0 Å². The summed E-state index contributed by atoms with van der Waals surface area (Å²) in [5.41, 5.74) is 4.80.